The molecule has 4 nitrogen and oxygen atoms in total. The number of nitrogens with one attached hydrogen (secondary N) is 1. The van der Waals surface area contributed by atoms with Gasteiger partial charge in [0, 0.05) is 12.1 Å². The van der Waals surface area contributed by atoms with Crippen molar-refractivity contribution >= 4 is 30.8 Å². The molecule has 2 aliphatic rings. The van der Waals surface area contributed by atoms with Gasteiger partial charge in [0.15, 0.2) is 0 Å². The molecule has 0 amide bonds. The molecule has 0 aliphatic carbocycles. The first-order valence-electron chi connectivity index (χ1n) is 6.91. The van der Waals surface area contributed by atoms with E-state index in [0.29, 0.717) is 12.1 Å². The van der Waals surface area contributed by atoms with Gasteiger partial charge in [-0.25, -0.2) is 0 Å². The largest absolute Gasteiger partial charge is 0.481 e. The van der Waals surface area contributed by atoms with E-state index in [9.17, 15) is 4.79 Å². The van der Waals surface area contributed by atoms with Crippen LogP contribution in [0, 0.1) is 5.92 Å². The Balaban J connectivity index is 0.00000162. The van der Waals surface area contributed by atoms with E-state index in [4.69, 9.17) is 5.11 Å². The molecule has 0 saturated carbocycles. The summed E-state index contributed by atoms with van der Waals surface area (Å²) in [5, 5.41) is 12.5. The van der Waals surface area contributed by atoms with Gasteiger partial charge in [-0.2, -0.15) is 0 Å². The van der Waals surface area contributed by atoms with Crippen LogP contribution in [0.15, 0.2) is 0 Å². The standard InChI is InChI=1S/C13H24N2O2.2ClH/c1-2-11-9-10(13(16)17)5-8-15(11)12-3-6-14-7-4-12;;/h10-12,14H,2-9H2,1H3,(H,16,17);2*1H. The Morgan fingerprint density at radius 2 is 1.89 bits per heavy atom. The van der Waals surface area contributed by atoms with Crippen LogP contribution in [0.3, 0.4) is 0 Å². The number of carboxylic acid groups (broad SMARTS) is 1. The summed E-state index contributed by atoms with van der Waals surface area (Å²) in [4.78, 5) is 13.7. The minimum absolute atomic E-state index is 0. The minimum Gasteiger partial charge on any atom is -0.481 e. The summed E-state index contributed by atoms with van der Waals surface area (Å²) in [6.45, 7) is 5.38. The summed E-state index contributed by atoms with van der Waals surface area (Å²) in [6.07, 6.45) is 5.18. The molecule has 2 N–H and O–H groups in total. The SMILES string of the molecule is CCC1CC(C(=O)O)CCN1C1CCNCC1.Cl.Cl. The molecule has 2 aliphatic heterocycles. The van der Waals surface area contributed by atoms with Gasteiger partial charge >= 0.3 is 5.97 Å². The monoisotopic (exact) mass is 312 g/mol. The Labute approximate surface area is 128 Å². The van der Waals surface area contributed by atoms with E-state index >= 15 is 0 Å². The quantitative estimate of drug-likeness (QED) is 0.838. The molecule has 0 aromatic rings. The Morgan fingerprint density at radius 1 is 1.26 bits per heavy atom. The molecule has 2 fully saturated rings. The predicted molar refractivity (Wildman–Crippen MR) is 81.5 cm³/mol. The highest BCUT2D eigenvalue weighted by molar-refractivity contribution is 5.85. The van der Waals surface area contributed by atoms with Gasteiger partial charge in [0.2, 0.25) is 0 Å². The summed E-state index contributed by atoms with van der Waals surface area (Å²) in [6, 6.07) is 1.16. The number of carbonyl (C=O) groups is 1. The van der Waals surface area contributed by atoms with Gasteiger partial charge in [0.1, 0.15) is 0 Å². The second-order valence-electron chi connectivity index (χ2n) is 5.34. The zero-order chi connectivity index (χ0) is 12.3. The lowest BCUT2D eigenvalue weighted by atomic mass is 9.87. The van der Waals surface area contributed by atoms with E-state index in [1.165, 1.54) is 12.8 Å². The fourth-order valence-electron chi connectivity index (χ4n) is 3.31. The van der Waals surface area contributed by atoms with E-state index in [0.717, 1.165) is 38.9 Å². The van der Waals surface area contributed by atoms with Crippen molar-refractivity contribution in [1.29, 1.82) is 0 Å². The zero-order valence-electron chi connectivity index (χ0n) is 11.5. The molecule has 2 rings (SSSR count). The van der Waals surface area contributed by atoms with Crippen molar-refractivity contribution < 1.29 is 9.90 Å². The van der Waals surface area contributed by atoms with Crippen LogP contribution < -0.4 is 5.32 Å². The van der Waals surface area contributed by atoms with Crippen molar-refractivity contribution in [1.82, 2.24) is 10.2 Å². The fraction of sp³-hybridized carbons (Fsp3) is 0.923. The second kappa shape index (κ2) is 9.01. The highest BCUT2D eigenvalue weighted by Crippen LogP contribution is 2.29. The van der Waals surface area contributed by atoms with E-state index in [1.807, 2.05) is 0 Å². The van der Waals surface area contributed by atoms with E-state index in [2.05, 4.69) is 17.1 Å². The smallest absolute Gasteiger partial charge is 0.306 e. The second-order valence-corrected chi connectivity index (χ2v) is 5.34. The van der Waals surface area contributed by atoms with Crippen molar-refractivity contribution in [3.05, 3.63) is 0 Å². The van der Waals surface area contributed by atoms with Gasteiger partial charge in [0.05, 0.1) is 5.92 Å². The number of hydrogen-bond acceptors (Lipinski definition) is 3. The van der Waals surface area contributed by atoms with Crippen LogP contribution in [0.25, 0.3) is 0 Å². The Morgan fingerprint density at radius 3 is 2.42 bits per heavy atom. The molecule has 0 aromatic heterocycles. The van der Waals surface area contributed by atoms with Crippen molar-refractivity contribution in [2.24, 2.45) is 5.92 Å². The molecular formula is C13H26Cl2N2O2. The van der Waals surface area contributed by atoms with Gasteiger partial charge in [-0.1, -0.05) is 6.92 Å². The van der Waals surface area contributed by atoms with Crippen LogP contribution in [0.4, 0.5) is 0 Å². The molecule has 2 heterocycles. The number of hydrogen-bond donors (Lipinski definition) is 2. The van der Waals surface area contributed by atoms with Crippen LogP contribution in [0.5, 0.6) is 0 Å². The highest BCUT2D eigenvalue weighted by Gasteiger charge is 2.34. The Hall–Kier alpha value is -0.0300. The maximum absolute atomic E-state index is 11.1. The number of halogens is 2. The van der Waals surface area contributed by atoms with Crippen molar-refractivity contribution in [3.8, 4) is 0 Å². The number of piperidine rings is 2. The average Bonchev–Trinajstić information content (AvgIpc) is 2.39. The van der Waals surface area contributed by atoms with Crippen LogP contribution in [-0.2, 0) is 4.79 Å². The number of aliphatic carboxylic acids is 1. The maximum Gasteiger partial charge on any atom is 0.306 e. The van der Waals surface area contributed by atoms with Crippen LogP contribution in [0.2, 0.25) is 0 Å². The van der Waals surface area contributed by atoms with E-state index in [1.54, 1.807) is 0 Å². The fourth-order valence-corrected chi connectivity index (χ4v) is 3.31. The third-order valence-electron chi connectivity index (χ3n) is 4.36. The first-order chi connectivity index (χ1) is 8.22. The maximum atomic E-state index is 11.1. The Bertz CT molecular complexity index is 273. The molecular weight excluding hydrogens is 287 g/mol. The zero-order valence-corrected chi connectivity index (χ0v) is 13.1. The van der Waals surface area contributed by atoms with Crippen LogP contribution >= 0.6 is 24.8 Å². The predicted octanol–water partition coefficient (Wildman–Crippen LogP) is 2.16. The third-order valence-corrected chi connectivity index (χ3v) is 4.36. The van der Waals surface area contributed by atoms with Crippen molar-refractivity contribution in [3.63, 3.8) is 0 Å². The van der Waals surface area contributed by atoms with Crippen LogP contribution in [0.1, 0.15) is 39.0 Å². The summed E-state index contributed by atoms with van der Waals surface area (Å²) >= 11 is 0. The summed E-state index contributed by atoms with van der Waals surface area (Å²) in [7, 11) is 0. The lowest BCUT2D eigenvalue weighted by molar-refractivity contribution is -0.144. The third kappa shape index (κ3) is 4.78. The molecule has 114 valence electrons. The molecule has 19 heavy (non-hydrogen) atoms. The number of rotatable bonds is 3. The molecule has 6 heteroatoms. The van der Waals surface area contributed by atoms with Gasteiger partial charge in [-0.3, -0.25) is 9.69 Å². The molecule has 2 saturated heterocycles. The molecule has 0 radical (unpaired) electrons. The normalized spacial score (nSPS) is 29.1. The minimum atomic E-state index is -0.603. The molecule has 0 bridgehead atoms. The average molecular weight is 313 g/mol. The molecule has 0 spiro atoms. The molecule has 2 atom stereocenters. The number of likely N-dealkylation sites (tertiary alicyclic amines) is 1. The molecule has 2 unspecified atom stereocenters. The van der Waals surface area contributed by atoms with Crippen molar-refractivity contribution in [2.45, 2.75) is 51.1 Å². The molecule has 0 aromatic carbocycles. The first kappa shape index (κ1) is 19.0. The lowest BCUT2D eigenvalue weighted by Gasteiger charge is -2.44. The summed E-state index contributed by atoms with van der Waals surface area (Å²) < 4.78 is 0. The highest BCUT2D eigenvalue weighted by atomic mass is 35.5. The lowest BCUT2D eigenvalue weighted by Crippen LogP contribution is -2.52. The topological polar surface area (TPSA) is 52.6 Å². The summed E-state index contributed by atoms with van der Waals surface area (Å²) in [5.41, 5.74) is 0. The van der Waals surface area contributed by atoms with Gasteiger partial charge in [-0.15, -0.1) is 24.8 Å². The first-order valence-corrected chi connectivity index (χ1v) is 6.91. The number of carboxylic acids is 1. The Kier molecular flexibility index (Phi) is 8.99. The van der Waals surface area contributed by atoms with Gasteiger partial charge in [0.25, 0.3) is 0 Å². The van der Waals surface area contributed by atoms with Crippen LogP contribution in [-0.4, -0.2) is 47.7 Å². The van der Waals surface area contributed by atoms with Gasteiger partial charge < -0.3 is 10.4 Å². The summed E-state index contributed by atoms with van der Waals surface area (Å²) in [5.74, 6) is -0.716. The van der Waals surface area contributed by atoms with Gasteiger partial charge in [-0.05, 0) is 51.7 Å². The number of nitrogens with zero attached hydrogens (tertiary/aromatic N) is 1. The van der Waals surface area contributed by atoms with Crippen molar-refractivity contribution in [2.75, 3.05) is 19.6 Å². The van der Waals surface area contributed by atoms with E-state index < -0.39 is 5.97 Å². The van der Waals surface area contributed by atoms with E-state index in [-0.39, 0.29) is 30.7 Å².